The van der Waals surface area contributed by atoms with Gasteiger partial charge in [0.05, 0.1) is 13.1 Å². The topological polar surface area (TPSA) is 61.4 Å². The number of hydrogen-bond donors (Lipinski definition) is 2. The average Bonchev–Trinajstić information content (AvgIpc) is 2.52. The molecule has 2 rings (SSSR count). The Kier molecular flexibility index (Phi) is 6.73. The van der Waals surface area contributed by atoms with E-state index in [4.69, 9.17) is 0 Å². The number of rotatable bonds is 6. The predicted molar refractivity (Wildman–Crippen MR) is 105 cm³/mol. The number of halogens is 1. The number of aryl methyl sites for hydroxylation is 2. The third kappa shape index (κ3) is 6.32. The fourth-order valence-electron chi connectivity index (χ4n) is 2.31. The molecule has 2 aromatic rings. The van der Waals surface area contributed by atoms with Gasteiger partial charge in [0.25, 0.3) is 0 Å². The van der Waals surface area contributed by atoms with Gasteiger partial charge in [0.15, 0.2) is 0 Å². The molecule has 0 fully saturated rings. The Morgan fingerprint density at radius 3 is 2.00 bits per heavy atom. The SMILES string of the molecule is Cc1ccc(NC(=O)CN(C)CC(=O)Nc2ccc(Br)c(C)c2)cc1. The molecule has 5 nitrogen and oxygen atoms in total. The van der Waals surface area contributed by atoms with Crippen LogP contribution in [0.15, 0.2) is 46.9 Å². The Morgan fingerprint density at radius 1 is 0.920 bits per heavy atom. The molecule has 0 aromatic heterocycles. The molecule has 2 amide bonds. The van der Waals surface area contributed by atoms with E-state index in [-0.39, 0.29) is 24.9 Å². The quantitative estimate of drug-likeness (QED) is 0.774. The van der Waals surface area contributed by atoms with Gasteiger partial charge in [-0.1, -0.05) is 33.6 Å². The summed E-state index contributed by atoms with van der Waals surface area (Å²) in [6.45, 7) is 4.23. The van der Waals surface area contributed by atoms with Crippen LogP contribution in [0.25, 0.3) is 0 Å². The van der Waals surface area contributed by atoms with Crippen LogP contribution in [0.4, 0.5) is 11.4 Å². The zero-order valence-corrected chi connectivity index (χ0v) is 16.2. The Balaban J connectivity index is 1.81. The number of benzene rings is 2. The van der Waals surface area contributed by atoms with Crippen molar-refractivity contribution in [2.45, 2.75) is 13.8 Å². The molecule has 0 aliphatic rings. The van der Waals surface area contributed by atoms with Crippen LogP contribution in [0.3, 0.4) is 0 Å². The highest BCUT2D eigenvalue weighted by Gasteiger charge is 2.11. The van der Waals surface area contributed by atoms with Crippen LogP contribution in [0.5, 0.6) is 0 Å². The van der Waals surface area contributed by atoms with Gasteiger partial charge in [-0.05, 0) is 56.8 Å². The van der Waals surface area contributed by atoms with E-state index in [2.05, 4.69) is 26.6 Å². The molecule has 0 radical (unpaired) electrons. The lowest BCUT2D eigenvalue weighted by Crippen LogP contribution is -2.36. The summed E-state index contributed by atoms with van der Waals surface area (Å²) >= 11 is 3.43. The predicted octanol–water partition coefficient (Wildman–Crippen LogP) is 3.57. The van der Waals surface area contributed by atoms with Crippen LogP contribution in [0.1, 0.15) is 11.1 Å². The van der Waals surface area contributed by atoms with Crippen LogP contribution in [-0.2, 0) is 9.59 Å². The summed E-state index contributed by atoms with van der Waals surface area (Å²) in [4.78, 5) is 25.8. The molecule has 6 heteroatoms. The lowest BCUT2D eigenvalue weighted by atomic mass is 10.2. The molecule has 0 heterocycles. The first-order chi connectivity index (χ1) is 11.8. The highest BCUT2D eigenvalue weighted by molar-refractivity contribution is 9.10. The first kappa shape index (κ1) is 19.1. The summed E-state index contributed by atoms with van der Waals surface area (Å²) in [6, 6.07) is 13.2. The van der Waals surface area contributed by atoms with Crippen molar-refractivity contribution in [2.75, 3.05) is 30.8 Å². The standard InChI is InChI=1S/C19H22BrN3O2/c1-13-4-6-15(7-5-13)21-18(24)11-23(3)12-19(25)22-16-8-9-17(20)14(2)10-16/h4-10H,11-12H2,1-3H3,(H,21,24)(H,22,25). The van der Waals surface area contributed by atoms with E-state index >= 15 is 0 Å². The van der Waals surface area contributed by atoms with Crippen molar-refractivity contribution in [3.63, 3.8) is 0 Å². The van der Waals surface area contributed by atoms with Gasteiger partial charge in [-0.15, -0.1) is 0 Å². The van der Waals surface area contributed by atoms with Crippen molar-refractivity contribution in [2.24, 2.45) is 0 Å². The molecule has 132 valence electrons. The Morgan fingerprint density at radius 2 is 1.44 bits per heavy atom. The first-order valence-corrected chi connectivity index (χ1v) is 8.74. The molecule has 0 atom stereocenters. The molecule has 0 saturated heterocycles. The van der Waals surface area contributed by atoms with Gasteiger partial charge in [-0.25, -0.2) is 0 Å². The second kappa shape index (κ2) is 8.78. The molecule has 0 aliphatic heterocycles. The number of nitrogens with one attached hydrogen (secondary N) is 2. The average molecular weight is 404 g/mol. The maximum absolute atomic E-state index is 12.1. The molecular weight excluding hydrogens is 382 g/mol. The van der Waals surface area contributed by atoms with Crippen LogP contribution in [0.2, 0.25) is 0 Å². The summed E-state index contributed by atoms with van der Waals surface area (Å²) in [5.74, 6) is -0.314. The van der Waals surface area contributed by atoms with Crippen molar-refractivity contribution >= 4 is 39.1 Å². The highest BCUT2D eigenvalue weighted by Crippen LogP contribution is 2.19. The first-order valence-electron chi connectivity index (χ1n) is 7.94. The van der Waals surface area contributed by atoms with Crippen LogP contribution in [-0.4, -0.2) is 36.9 Å². The van der Waals surface area contributed by atoms with Crippen LogP contribution in [0, 0.1) is 13.8 Å². The number of hydrogen-bond acceptors (Lipinski definition) is 3. The molecule has 25 heavy (non-hydrogen) atoms. The van der Waals surface area contributed by atoms with E-state index in [1.807, 2.05) is 56.3 Å². The van der Waals surface area contributed by atoms with E-state index in [9.17, 15) is 9.59 Å². The maximum atomic E-state index is 12.1. The maximum Gasteiger partial charge on any atom is 0.238 e. The molecule has 0 spiro atoms. The highest BCUT2D eigenvalue weighted by atomic mass is 79.9. The van der Waals surface area contributed by atoms with E-state index in [0.29, 0.717) is 0 Å². The van der Waals surface area contributed by atoms with Crippen molar-refractivity contribution in [1.82, 2.24) is 4.90 Å². The molecule has 0 aliphatic carbocycles. The molecular formula is C19H22BrN3O2. The van der Waals surface area contributed by atoms with E-state index in [0.717, 1.165) is 27.0 Å². The van der Waals surface area contributed by atoms with E-state index in [1.165, 1.54) is 0 Å². The third-order valence-electron chi connectivity index (χ3n) is 3.60. The number of carbonyl (C=O) groups excluding carboxylic acids is 2. The smallest absolute Gasteiger partial charge is 0.238 e. The molecule has 0 saturated carbocycles. The Labute approximate surface area is 156 Å². The number of anilines is 2. The van der Waals surface area contributed by atoms with Gasteiger partial charge in [-0.3, -0.25) is 14.5 Å². The summed E-state index contributed by atoms with van der Waals surface area (Å²) in [5.41, 5.74) is 3.67. The number of nitrogens with zero attached hydrogens (tertiary/aromatic N) is 1. The summed E-state index contributed by atoms with van der Waals surface area (Å²) in [6.07, 6.45) is 0. The van der Waals surface area contributed by atoms with Gasteiger partial charge < -0.3 is 10.6 Å². The summed E-state index contributed by atoms with van der Waals surface area (Å²) in [7, 11) is 1.74. The molecule has 2 aromatic carbocycles. The second-order valence-corrected chi connectivity index (χ2v) is 6.95. The largest absolute Gasteiger partial charge is 0.325 e. The minimum atomic E-state index is -0.160. The lowest BCUT2D eigenvalue weighted by molar-refractivity contribution is -0.119. The zero-order chi connectivity index (χ0) is 18.4. The number of carbonyl (C=O) groups is 2. The van der Waals surface area contributed by atoms with Gasteiger partial charge in [-0.2, -0.15) is 0 Å². The van der Waals surface area contributed by atoms with Gasteiger partial charge in [0.1, 0.15) is 0 Å². The van der Waals surface area contributed by atoms with Crippen LogP contribution >= 0.6 is 15.9 Å². The minimum absolute atomic E-state index is 0.135. The van der Waals surface area contributed by atoms with E-state index < -0.39 is 0 Å². The fourth-order valence-corrected chi connectivity index (χ4v) is 2.55. The number of likely N-dealkylation sites (N-methyl/N-ethyl adjacent to an activating group) is 1. The van der Waals surface area contributed by atoms with Crippen LogP contribution < -0.4 is 10.6 Å². The Hall–Kier alpha value is -2.18. The van der Waals surface area contributed by atoms with Crippen molar-refractivity contribution in [3.8, 4) is 0 Å². The molecule has 0 bridgehead atoms. The summed E-state index contributed by atoms with van der Waals surface area (Å²) in [5, 5.41) is 5.66. The lowest BCUT2D eigenvalue weighted by Gasteiger charge is -2.16. The normalized spacial score (nSPS) is 10.6. The second-order valence-electron chi connectivity index (χ2n) is 6.10. The van der Waals surface area contributed by atoms with Gasteiger partial charge >= 0.3 is 0 Å². The molecule has 2 N–H and O–H groups in total. The van der Waals surface area contributed by atoms with Gasteiger partial charge in [0, 0.05) is 15.8 Å². The minimum Gasteiger partial charge on any atom is -0.325 e. The van der Waals surface area contributed by atoms with E-state index in [1.54, 1.807) is 11.9 Å². The van der Waals surface area contributed by atoms with Crippen molar-refractivity contribution in [3.05, 3.63) is 58.1 Å². The zero-order valence-electron chi connectivity index (χ0n) is 14.6. The fraction of sp³-hybridized carbons (Fsp3) is 0.263. The third-order valence-corrected chi connectivity index (χ3v) is 4.49. The van der Waals surface area contributed by atoms with Crippen molar-refractivity contribution in [1.29, 1.82) is 0 Å². The Bertz CT molecular complexity index is 760. The number of amides is 2. The molecule has 0 unspecified atom stereocenters. The van der Waals surface area contributed by atoms with Gasteiger partial charge in [0.2, 0.25) is 11.8 Å². The van der Waals surface area contributed by atoms with Crippen molar-refractivity contribution < 1.29 is 9.59 Å². The monoisotopic (exact) mass is 403 g/mol. The summed E-state index contributed by atoms with van der Waals surface area (Å²) < 4.78 is 0.996.